The lowest BCUT2D eigenvalue weighted by Gasteiger charge is -2.07. The maximum atomic E-state index is 12.1. The molecule has 0 radical (unpaired) electrons. The normalized spacial score (nSPS) is 11.0. The number of carbonyl (C=O) groups is 1. The molecule has 4 rings (SSSR count). The lowest BCUT2D eigenvalue weighted by atomic mass is 10.2. The van der Waals surface area contributed by atoms with Crippen LogP contribution in [0.1, 0.15) is 5.56 Å². The fourth-order valence-corrected chi connectivity index (χ4v) is 2.55. The van der Waals surface area contributed by atoms with Crippen molar-refractivity contribution in [3.05, 3.63) is 54.5 Å². The summed E-state index contributed by atoms with van der Waals surface area (Å²) in [5, 5.41) is 15.2. The minimum Gasteiger partial charge on any atom is -0.334 e. The molecular formula is C16H15N7O. The van der Waals surface area contributed by atoms with Gasteiger partial charge in [0.25, 0.3) is 0 Å². The van der Waals surface area contributed by atoms with Crippen molar-refractivity contribution in [3.63, 3.8) is 0 Å². The zero-order chi connectivity index (χ0) is 16.5. The van der Waals surface area contributed by atoms with Crippen LogP contribution in [-0.2, 0) is 13.6 Å². The van der Waals surface area contributed by atoms with Crippen LogP contribution < -0.4 is 10.6 Å². The lowest BCUT2D eigenvalue weighted by molar-refractivity contribution is 0.251. The van der Waals surface area contributed by atoms with Crippen molar-refractivity contribution >= 4 is 28.4 Å². The first-order chi connectivity index (χ1) is 11.7. The van der Waals surface area contributed by atoms with Gasteiger partial charge in [0, 0.05) is 31.4 Å². The van der Waals surface area contributed by atoms with Gasteiger partial charge < -0.3 is 5.32 Å². The first-order valence-electron chi connectivity index (χ1n) is 7.45. The van der Waals surface area contributed by atoms with E-state index in [0.29, 0.717) is 18.0 Å². The largest absolute Gasteiger partial charge is 0.334 e. The molecule has 4 aromatic rings. The summed E-state index contributed by atoms with van der Waals surface area (Å²) >= 11 is 0. The van der Waals surface area contributed by atoms with Crippen LogP contribution in [-0.4, -0.2) is 30.4 Å². The molecule has 1 aromatic carbocycles. The molecule has 0 aliphatic heterocycles. The van der Waals surface area contributed by atoms with Gasteiger partial charge in [-0.3, -0.25) is 10.00 Å². The van der Waals surface area contributed by atoms with Crippen molar-refractivity contribution in [1.29, 1.82) is 0 Å². The van der Waals surface area contributed by atoms with Gasteiger partial charge in [0.05, 0.1) is 11.7 Å². The van der Waals surface area contributed by atoms with Crippen LogP contribution in [0.15, 0.2) is 48.9 Å². The van der Waals surface area contributed by atoms with E-state index in [1.54, 1.807) is 27.7 Å². The topological polar surface area (TPSA) is 89.1 Å². The predicted octanol–water partition coefficient (Wildman–Crippen LogP) is 1.94. The number of rotatable bonds is 3. The van der Waals surface area contributed by atoms with E-state index >= 15 is 0 Å². The van der Waals surface area contributed by atoms with Crippen molar-refractivity contribution in [3.8, 4) is 0 Å². The molecule has 0 fully saturated rings. The monoisotopic (exact) mass is 321 g/mol. The molecule has 0 saturated heterocycles. The van der Waals surface area contributed by atoms with Crippen LogP contribution in [0.25, 0.3) is 16.6 Å². The number of carbonyl (C=O) groups excluding carboxylic acids is 1. The average molecular weight is 321 g/mol. The predicted molar refractivity (Wildman–Crippen MR) is 89.6 cm³/mol. The molecule has 3 heterocycles. The molecule has 0 atom stereocenters. The number of amides is 2. The maximum absolute atomic E-state index is 12.1. The number of hydrogen-bond acceptors (Lipinski definition) is 4. The standard InChI is InChI=1S/C16H15N7O/c1-22-10-12-5-4-11(7-13(12)21-22)8-18-16(24)20-15-9-17-14-3-2-6-19-23(14)15/h2-7,9-10H,8H2,1H3,(H2,18,20,24). The molecule has 0 unspecified atom stereocenters. The van der Waals surface area contributed by atoms with E-state index in [9.17, 15) is 4.79 Å². The first-order valence-corrected chi connectivity index (χ1v) is 7.45. The van der Waals surface area contributed by atoms with Crippen LogP contribution in [0.3, 0.4) is 0 Å². The number of nitrogens with zero attached hydrogens (tertiary/aromatic N) is 5. The zero-order valence-electron chi connectivity index (χ0n) is 13.0. The summed E-state index contributed by atoms with van der Waals surface area (Å²) in [4.78, 5) is 16.3. The number of urea groups is 1. The number of aryl methyl sites for hydroxylation is 1. The van der Waals surface area contributed by atoms with E-state index in [1.807, 2.05) is 37.5 Å². The summed E-state index contributed by atoms with van der Waals surface area (Å²) in [5.74, 6) is 0.517. The van der Waals surface area contributed by atoms with Gasteiger partial charge in [0.2, 0.25) is 0 Å². The fraction of sp³-hybridized carbons (Fsp3) is 0.125. The number of fused-ring (bicyclic) bond motifs is 2. The highest BCUT2D eigenvalue weighted by molar-refractivity contribution is 5.88. The first kappa shape index (κ1) is 14.2. The highest BCUT2D eigenvalue weighted by Crippen LogP contribution is 2.14. The van der Waals surface area contributed by atoms with Crippen LogP contribution in [0.2, 0.25) is 0 Å². The fourth-order valence-electron chi connectivity index (χ4n) is 2.55. The average Bonchev–Trinajstić information content (AvgIpc) is 3.15. The highest BCUT2D eigenvalue weighted by Gasteiger charge is 2.08. The summed E-state index contributed by atoms with van der Waals surface area (Å²) in [6, 6.07) is 9.22. The Morgan fingerprint density at radius 1 is 1.29 bits per heavy atom. The van der Waals surface area contributed by atoms with E-state index in [2.05, 4.69) is 25.8 Å². The van der Waals surface area contributed by atoms with Gasteiger partial charge in [-0.15, -0.1) is 0 Å². The van der Waals surface area contributed by atoms with Gasteiger partial charge in [-0.2, -0.15) is 14.7 Å². The second-order valence-corrected chi connectivity index (χ2v) is 5.44. The number of imidazole rings is 1. The van der Waals surface area contributed by atoms with Crippen molar-refractivity contribution in [1.82, 2.24) is 29.7 Å². The second kappa shape index (κ2) is 5.65. The molecule has 3 aromatic heterocycles. The Hall–Kier alpha value is -3.42. The molecule has 0 bridgehead atoms. The van der Waals surface area contributed by atoms with Gasteiger partial charge in [0.1, 0.15) is 0 Å². The Morgan fingerprint density at radius 2 is 2.21 bits per heavy atom. The third-order valence-corrected chi connectivity index (χ3v) is 3.66. The van der Waals surface area contributed by atoms with E-state index in [0.717, 1.165) is 16.5 Å². The van der Waals surface area contributed by atoms with Gasteiger partial charge in [-0.05, 0) is 23.8 Å². The van der Waals surface area contributed by atoms with E-state index < -0.39 is 0 Å². The molecule has 0 aliphatic carbocycles. The van der Waals surface area contributed by atoms with E-state index in [-0.39, 0.29) is 6.03 Å². The Labute approximate surface area is 137 Å². The minimum atomic E-state index is -0.316. The van der Waals surface area contributed by atoms with Crippen LogP contribution in [0, 0.1) is 0 Å². The minimum absolute atomic E-state index is 0.316. The molecule has 2 N–H and O–H groups in total. The number of aromatic nitrogens is 5. The summed E-state index contributed by atoms with van der Waals surface area (Å²) in [6.45, 7) is 0.405. The molecular weight excluding hydrogens is 306 g/mol. The summed E-state index contributed by atoms with van der Waals surface area (Å²) in [5.41, 5.74) is 2.56. The van der Waals surface area contributed by atoms with Crippen LogP contribution >= 0.6 is 0 Å². The van der Waals surface area contributed by atoms with E-state index in [1.165, 1.54) is 0 Å². The van der Waals surface area contributed by atoms with Crippen molar-refractivity contribution < 1.29 is 4.79 Å². The Balaban J connectivity index is 1.43. The second-order valence-electron chi connectivity index (χ2n) is 5.44. The Morgan fingerprint density at radius 3 is 3.12 bits per heavy atom. The number of anilines is 1. The maximum Gasteiger partial charge on any atom is 0.320 e. The summed E-state index contributed by atoms with van der Waals surface area (Å²) < 4.78 is 3.34. The molecule has 24 heavy (non-hydrogen) atoms. The Kier molecular flexibility index (Phi) is 3.34. The Bertz CT molecular complexity index is 1030. The van der Waals surface area contributed by atoms with Crippen molar-refractivity contribution in [2.24, 2.45) is 7.05 Å². The molecule has 0 aliphatic rings. The van der Waals surface area contributed by atoms with Gasteiger partial charge in [0.15, 0.2) is 11.5 Å². The third-order valence-electron chi connectivity index (χ3n) is 3.66. The van der Waals surface area contributed by atoms with Crippen LogP contribution in [0.5, 0.6) is 0 Å². The molecule has 8 heteroatoms. The lowest BCUT2D eigenvalue weighted by Crippen LogP contribution is -2.28. The summed E-state index contributed by atoms with van der Waals surface area (Å²) in [7, 11) is 1.88. The summed E-state index contributed by atoms with van der Waals surface area (Å²) in [6.07, 6.45) is 5.17. The molecule has 0 saturated carbocycles. The quantitative estimate of drug-likeness (QED) is 0.603. The zero-order valence-corrected chi connectivity index (χ0v) is 13.0. The molecule has 0 spiro atoms. The van der Waals surface area contributed by atoms with Crippen molar-refractivity contribution in [2.45, 2.75) is 6.54 Å². The number of nitrogens with one attached hydrogen (secondary N) is 2. The van der Waals surface area contributed by atoms with Crippen LogP contribution in [0.4, 0.5) is 10.6 Å². The van der Waals surface area contributed by atoms with E-state index in [4.69, 9.17) is 0 Å². The SMILES string of the molecule is Cn1cc2ccc(CNC(=O)Nc3cnc4cccnn34)cc2n1. The van der Waals surface area contributed by atoms with Gasteiger partial charge in [-0.25, -0.2) is 9.78 Å². The van der Waals surface area contributed by atoms with Crippen molar-refractivity contribution in [2.75, 3.05) is 5.32 Å². The molecule has 120 valence electrons. The molecule has 2 amide bonds. The smallest absolute Gasteiger partial charge is 0.320 e. The number of hydrogen-bond donors (Lipinski definition) is 2. The van der Waals surface area contributed by atoms with Gasteiger partial charge in [-0.1, -0.05) is 12.1 Å². The number of benzene rings is 1. The van der Waals surface area contributed by atoms with Gasteiger partial charge >= 0.3 is 6.03 Å². The highest BCUT2D eigenvalue weighted by atomic mass is 16.2. The molecule has 8 nitrogen and oxygen atoms in total. The third kappa shape index (κ3) is 2.65.